The Hall–Kier alpha value is -3.77. The van der Waals surface area contributed by atoms with Gasteiger partial charge in [-0.05, 0) is 24.1 Å². The number of sulfone groups is 1. The van der Waals surface area contributed by atoms with Crippen LogP contribution >= 0.6 is 0 Å². The van der Waals surface area contributed by atoms with Gasteiger partial charge >= 0.3 is 11.9 Å². The van der Waals surface area contributed by atoms with Crippen molar-refractivity contribution in [2.75, 3.05) is 31.4 Å². The van der Waals surface area contributed by atoms with E-state index in [0.29, 0.717) is 11.3 Å². The minimum Gasteiger partial charge on any atom is -0.468 e. The van der Waals surface area contributed by atoms with Crippen LogP contribution in [0.5, 0.6) is 0 Å². The Balaban J connectivity index is 2.32. The number of rotatable bonds is 13. The molecule has 0 fully saturated rings. The lowest BCUT2D eigenvalue weighted by Crippen LogP contribution is -2.53. The summed E-state index contributed by atoms with van der Waals surface area (Å²) in [5.41, 5.74) is 6.49. The highest BCUT2D eigenvalue weighted by Gasteiger charge is 2.33. The highest BCUT2D eigenvalue weighted by atomic mass is 32.2. The van der Waals surface area contributed by atoms with E-state index in [9.17, 15) is 27.6 Å². The molecular formula is C25H31N3O8S. The summed E-state index contributed by atoms with van der Waals surface area (Å²) in [6.45, 7) is -0.502. The quantitative estimate of drug-likeness (QED) is 0.351. The number of benzene rings is 2. The largest absolute Gasteiger partial charge is 0.468 e. The van der Waals surface area contributed by atoms with E-state index in [1.807, 2.05) is 0 Å². The average molecular weight is 534 g/mol. The molecule has 0 unspecified atom stereocenters. The van der Waals surface area contributed by atoms with Crippen LogP contribution < -0.4 is 16.0 Å². The van der Waals surface area contributed by atoms with Crippen molar-refractivity contribution in [2.45, 2.75) is 30.7 Å². The molecule has 0 aliphatic carbocycles. The van der Waals surface area contributed by atoms with Gasteiger partial charge in [-0.25, -0.2) is 8.42 Å². The highest BCUT2D eigenvalue weighted by molar-refractivity contribution is 7.90. The number of nitrogens with one attached hydrogen (secondary N) is 1. The zero-order valence-electron chi connectivity index (χ0n) is 20.7. The minimum absolute atomic E-state index is 0.0826. The number of ether oxygens (including phenoxy) is 2. The molecule has 12 heteroatoms. The van der Waals surface area contributed by atoms with Gasteiger partial charge in [0.15, 0.2) is 9.84 Å². The number of esters is 2. The Morgan fingerprint density at radius 1 is 0.946 bits per heavy atom. The molecule has 2 rings (SSSR count). The van der Waals surface area contributed by atoms with Gasteiger partial charge in [-0.3, -0.25) is 24.1 Å². The van der Waals surface area contributed by atoms with Gasteiger partial charge in [0.2, 0.25) is 5.91 Å². The van der Waals surface area contributed by atoms with E-state index in [1.54, 1.807) is 60.7 Å². The van der Waals surface area contributed by atoms with E-state index in [4.69, 9.17) is 10.5 Å². The average Bonchev–Trinajstić information content (AvgIpc) is 2.89. The third-order valence-electron chi connectivity index (χ3n) is 5.32. The van der Waals surface area contributed by atoms with E-state index in [0.717, 1.165) is 19.1 Å². The predicted molar refractivity (Wildman–Crippen MR) is 136 cm³/mol. The molecule has 2 aromatic rings. The molecule has 2 atom stereocenters. The smallest absolute Gasteiger partial charge is 0.325 e. The molecule has 37 heavy (non-hydrogen) atoms. The summed E-state index contributed by atoms with van der Waals surface area (Å²) in [6, 6.07) is 13.9. The second-order valence-corrected chi connectivity index (χ2v) is 10.3. The molecule has 200 valence electrons. The molecule has 0 aliphatic rings. The van der Waals surface area contributed by atoms with Gasteiger partial charge in [-0.2, -0.15) is 0 Å². The van der Waals surface area contributed by atoms with Crippen LogP contribution in [0.25, 0.3) is 0 Å². The van der Waals surface area contributed by atoms with Crippen molar-refractivity contribution >= 4 is 39.3 Å². The summed E-state index contributed by atoms with van der Waals surface area (Å²) in [4.78, 5) is 50.9. The summed E-state index contributed by atoms with van der Waals surface area (Å²) in [6.07, 6.45) is -0.345. The molecule has 0 spiro atoms. The number of methoxy groups -OCH3 is 2. The van der Waals surface area contributed by atoms with E-state index < -0.39 is 58.0 Å². The fourth-order valence-electron chi connectivity index (χ4n) is 3.42. The molecule has 0 aliphatic heterocycles. The van der Waals surface area contributed by atoms with E-state index in [2.05, 4.69) is 10.1 Å². The van der Waals surface area contributed by atoms with Gasteiger partial charge in [0.25, 0.3) is 5.91 Å². The van der Waals surface area contributed by atoms with Crippen molar-refractivity contribution in [2.24, 2.45) is 5.73 Å². The molecule has 0 heterocycles. The standard InChI is InChI=1S/C25H31N3O8S/c1-35-23(30)15-28(19-11-7-4-8-12-19)24(31)21(27-22(29)14-13-20(26)25(32)36-2)17-37(33,34)16-18-9-5-3-6-10-18/h3-12,20-21H,13-17,26H2,1-2H3,(H,27,29)/t20-,21-/m0/s1. The Morgan fingerprint density at radius 2 is 1.54 bits per heavy atom. The van der Waals surface area contributed by atoms with Crippen molar-refractivity contribution in [3.63, 3.8) is 0 Å². The summed E-state index contributed by atoms with van der Waals surface area (Å²) in [7, 11) is -1.58. The van der Waals surface area contributed by atoms with Crippen LogP contribution in [0.4, 0.5) is 5.69 Å². The fourth-order valence-corrected chi connectivity index (χ4v) is 4.98. The molecule has 0 saturated carbocycles. The zero-order chi connectivity index (χ0) is 27.4. The second kappa shape index (κ2) is 14.1. The first-order valence-corrected chi connectivity index (χ1v) is 13.2. The number of hydrogen-bond acceptors (Lipinski definition) is 9. The first-order chi connectivity index (χ1) is 17.6. The molecule has 2 amide bonds. The number of para-hydroxylation sites is 1. The molecule has 0 saturated heterocycles. The Kier molecular flexibility index (Phi) is 11.2. The van der Waals surface area contributed by atoms with Crippen LogP contribution in [0.2, 0.25) is 0 Å². The maximum Gasteiger partial charge on any atom is 0.325 e. The molecule has 0 radical (unpaired) electrons. The first-order valence-electron chi connectivity index (χ1n) is 11.4. The first kappa shape index (κ1) is 29.5. The minimum atomic E-state index is -3.90. The normalized spacial score (nSPS) is 12.6. The summed E-state index contributed by atoms with van der Waals surface area (Å²) in [5.74, 6) is -4.04. The van der Waals surface area contributed by atoms with Crippen molar-refractivity contribution in [3.05, 3.63) is 66.2 Å². The van der Waals surface area contributed by atoms with Crippen LogP contribution in [-0.4, -0.2) is 70.8 Å². The fraction of sp³-hybridized carbons (Fsp3) is 0.360. The Morgan fingerprint density at radius 3 is 2.11 bits per heavy atom. The number of anilines is 1. The second-order valence-electron chi connectivity index (χ2n) is 8.16. The molecule has 0 bridgehead atoms. The van der Waals surface area contributed by atoms with E-state index >= 15 is 0 Å². The lowest BCUT2D eigenvalue weighted by Gasteiger charge is -2.27. The van der Waals surface area contributed by atoms with E-state index in [-0.39, 0.29) is 18.6 Å². The van der Waals surface area contributed by atoms with Crippen molar-refractivity contribution < 1.29 is 37.1 Å². The third-order valence-corrected chi connectivity index (χ3v) is 6.93. The maximum absolute atomic E-state index is 13.6. The molecular weight excluding hydrogens is 502 g/mol. The Labute approximate surface area is 215 Å². The zero-order valence-corrected chi connectivity index (χ0v) is 21.5. The third kappa shape index (κ3) is 9.66. The van der Waals surface area contributed by atoms with Gasteiger partial charge in [0.1, 0.15) is 18.6 Å². The van der Waals surface area contributed by atoms with E-state index in [1.165, 1.54) is 0 Å². The lowest BCUT2D eigenvalue weighted by atomic mass is 10.1. The number of carbonyl (C=O) groups is 4. The van der Waals surface area contributed by atoms with Crippen LogP contribution in [0.3, 0.4) is 0 Å². The number of nitrogens with two attached hydrogens (primary N) is 1. The monoisotopic (exact) mass is 533 g/mol. The van der Waals surface area contributed by atoms with Gasteiger partial charge in [-0.1, -0.05) is 48.5 Å². The Bertz CT molecular complexity index is 1170. The van der Waals surface area contributed by atoms with Crippen LogP contribution in [0.15, 0.2) is 60.7 Å². The number of amides is 2. The topological polar surface area (TPSA) is 162 Å². The number of hydrogen-bond donors (Lipinski definition) is 2. The van der Waals surface area contributed by atoms with Crippen LogP contribution in [0, 0.1) is 0 Å². The van der Waals surface area contributed by atoms with Crippen molar-refractivity contribution in [1.29, 1.82) is 0 Å². The van der Waals surface area contributed by atoms with Crippen LogP contribution in [0.1, 0.15) is 18.4 Å². The van der Waals surface area contributed by atoms with Crippen molar-refractivity contribution in [1.82, 2.24) is 5.32 Å². The van der Waals surface area contributed by atoms with Crippen molar-refractivity contribution in [3.8, 4) is 0 Å². The van der Waals surface area contributed by atoms with Gasteiger partial charge < -0.3 is 20.5 Å². The molecule has 2 aromatic carbocycles. The lowest BCUT2D eigenvalue weighted by molar-refractivity contribution is -0.142. The van der Waals surface area contributed by atoms with Gasteiger partial charge in [0.05, 0.1) is 25.7 Å². The molecule has 3 N–H and O–H groups in total. The van der Waals surface area contributed by atoms with Crippen LogP contribution in [-0.2, 0) is 44.2 Å². The summed E-state index contributed by atoms with van der Waals surface area (Å²) < 4.78 is 35.3. The number of nitrogens with zero attached hydrogens (tertiary/aromatic N) is 1. The molecule has 11 nitrogen and oxygen atoms in total. The van der Waals surface area contributed by atoms with Gasteiger partial charge in [0, 0.05) is 12.1 Å². The predicted octanol–water partition coefficient (Wildman–Crippen LogP) is 0.573. The van der Waals surface area contributed by atoms with Gasteiger partial charge in [-0.15, -0.1) is 0 Å². The number of carbonyl (C=O) groups excluding carboxylic acids is 4. The molecule has 0 aromatic heterocycles. The summed E-state index contributed by atoms with van der Waals surface area (Å²) >= 11 is 0. The summed E-state index contributed by atoms with van der Waals surface area (Å²) in [5, 5.41) is 2.44. The maximum atomic E-state index is 13.6. The highest BCUT2D eigenvalue weighted by Crippen LogP contribution is 2.17. The SMILES string of the molecule is COC(=O)CN(C(=O)[C@H](CS(=O)(=O)Cc1ccccc1)NC(=O)CC[C@H](N)C(=O)OC)c1ccccc1.